The smallest absolute Gasteiger partial charge is 0.335 e. The van der Waals surface area contributed by atoms with Crippen LogP contribution in [0.3, 0.4) is 0 Å². The molecule has 0 aliphatic carbocycles. The van der Waals surface area contributed by atoms with Gasteiger partial charge in [-0.05, 0) is 28.1 Å². The van der Waals surface area contributed by atoms with Crippen LogP contribution < -0.4 is 0 Å². The number of esters is 1. The molecule has 84 valence electrons. The summed E-state index contributed by atoms with van der Waals surface area (Å²) in [5, 5.41) is 8.79. The normalized spacial score (nSPS) is 11.4. The van der Waals surface area contributed by atoms with Gasteiger partial charge in [-0.15, -0.1) is 0 Å². The minimum absolute atomic E-state index is 0.299. The van der Waals surface area contributed by atoms with Crippen molar-refractivity contribution in [1.29, 1.82) is 0 Å². The number of hydrogen-bond acceptors (Lipinski definition) is 4. The zero-order valence-corrected chi connectivity index (χ0v) is 9.70. The number of carbonyl (C=O) groups excluding carboxylic acids is 1. The molecule has 0 aliphatic rings. The minimum atomic E-state index is -0.996. The Morgan fingerprint density at radius 2 is 1.86 bits per heavy atom. The number of ether oxygens (including phenoxy) is 1. The van der Waals surface area contributed by atoms with Gasteiger partial charge in [0.15, 0.2) is 0 Å². The Hall–Kier alpha value is -0.870. The highest BCUT2D eigenvalue weighted by Gasteiger charge is 2.07. The molecule has 0 spiro atoms. The Morgan fingerprint density at radius 3 is 2.07 bits per heavy atom. The van der Waals surface area contributed by atoms with Crippen LogP contribution in [0.25, 0.3) is 0 Å². The predicted molar refractivity (Wildman–Crippen MR) is 56.8 cm³/mol. The van der Waals surface area contributed by atoms with Crippen molar-refractivity contribution in [3.63, 3.8) is 0 Å². The first-order chi connectivity index (χ1) is 6.31. The lowest BCUT2D eigenvalue weighted by Crippen LogP contribution is -2.16. The van der Waals surface area contributed by atoms with Crippen LogP contribution in [0.2, 0.25) is 0 Å². The number of hydrogen-bond donors (Lipinski definition) is 1. The van der Waals surface area contributed by atoms with Crippen molar-refractivity contribution >= 4 is 5.97 Å². The molecule has 4 heteroatoms. The maximum atomic E-state index is 10.6. The average molecular weight is 203 g/mol. The molecule has 0 aromatic heterocycles. The zero-order valence-electron chi connectivity index (χ0n) is 9.70. The van der Waals surface area contributed by atoms with Crippen molar-refractivity contribution in [2.24, 2.45) is 0 Å². The van der Waals surface area contributed by atoms with Gasteiger partial charge >= 0.3 is 5.97 Å². The molecule has 1 N–H and O–H groups in total. The van der Waals surface area contributed by atoms with E-state index in [-0.39, 0.29) is 0 Å². The molecule has 0 fully saturated rings. The fourth-order valence-corrected chi connectivity index (χ4v) is 0.307. The van der Waals surface area contributed by atoms with Gasteiger partial charge in [0.1, 0.15) is 0 Å². The van der Waals surface area contributed by atoms with Gasteiger partial charge in [0.25, 0.3) is 0 Å². The number of nitrogens with zero attached hydrogens (tertiary/aromatic N) is 1. The molecule has 14 heavy (non-hydrogen) atoms. The second kappa shape index (κ2) is 8.72. The second-order valence-corrected chi connectivity index (χ2v) is 3.39. The van der Waals surface area contributed by atoms with Gasteiger partial charge in [0.2, 0.25) is 6.29 Å². The van der Waals surface area contributed by atoms with Crippen LogP contribution in [-0.4, -0.2) is 43.4 Å². The van der Waals surface area contributed by atoms with Crippen LogP contribution >= 0.6 is 0 Å². The molecule has 0 heterocycles. The number of aliphatic hydroxyl groups excluding tert-OH is 1. The van der Waals surface area contributed by atoms with Gasteiger partial charge < -0.3 is 14.7 Å². The molecule has 0 rings (SSSR count). The minimum Gasteiger partial charge on any atom is -0.433 e. The van der Waals surface area contributed by atoms with Crippen molar-refractivity contribution in [2.75, 3.05) is 21.1 Å². The summed E-state index contributed by atoms with van der Waals surface area (Å²) >= 11 is 0. The lowest BCUT2D eigenvalue weighted by molar-refractivity contribution is -0.162. The topological polar surface area (TPSA) is 49.8 Å². The van der Waals surface area contributed by atoms with Crippen molar-refractivity contribution in [3.05, 3.63) is 12.2 Å². The van der Waals surface area contributed by atoms with Gasteiger partial charge in [-0.1, -0.05) is 13.5 Å². The highest BCUT2D eigenvalue weighted by molar-refractivity contribution is 5.86. The lowest BCUT2D eigenvalue weighted by atomic mass is 10.3. The third-order valence-corrected chi connectivity index (χ3v) is 0.941. The van der Waals surface area contributed by atoms with Crippen LogP contribution in [0, 0.1) is 0 Å². The van der Waals surface area contributed by atoms with E-state index in [0.29, 0.717) is 12.0 Å². The molecule has 0 aromatic carbocycles. The summed E-state index contributed by atoms with van der Waals surface area (Å²) in [4.78, 5) is 12.6. The van der Waals surface area contributed by atoms with Crippen LogP contribution in [-0.2, 0) is 9.53 Å². The van der Waals surface area contributed by atoms with Crippen LogP contribution in [0.4, 0.5) is 0 Å². The van der Waals surface area contributed by atoms with E-state index in [0.717, 1.165) is 0 Å². The van der Waals surface area contributed by atoms with E-state index in [1.807, 2.05) is 26.0 Å². The molecular weight excluding hydrogens is 182 g/mol. The molecule has 0 bridgehead atoms. The van der Waals surface area contributed by atoms with Crippen LogP contribution in [0.1, 0.15) is 20.3 Å². The van der Waals surface area contributed by atoms with Gasteiger partial charge in [0.05, 0.1) is 0 Å². The quantitative estimate of drug-likeness (QED) is 0.422. The van der Waals surface area contributed by atoms with Crippen LogP contribution in [0.5, 0.6) is 0 Å². The Morgan fingerprint density at radius 1 is 1.50 bits per heavy atom. The fourth-order valence-electron chi connectivity index (χ4n) is 0.307. The maximum Gasteiger partial charge on any atom is 0.335 e. The van der Waals surface area contributed by atoms with Crippen LogP contribution in [0.15, 0.2) is 12.2 Å². The number of carbonyl (C=O) groups is 1. The zero-order chi connectivity index (χ0) is 11.7. The third-order valence-electron chi connectivity index (χ3n) is 0.941. The summed E-state index contributed by atoms with van der Waals surface area (Å²) in [5.74, 6) is -0.547. The van der Waals surface area contributed by atoms with Crippen molar-refractivity contribution in [2.45, 2.75) is 26.6 Å². The van der Waals surface area contributed by atoms with Gasteiger partial charge in [0, 0.05) is 12.0 Å². The van der Waals surface area contributed by atoms with Crippen molar-refractivity contribution in [3.8, 4) is 0 Å². The predicted octanol–water partition coefficient (Wildman–Crippen LogP) is 1.01. The molecule has 0 aromatic rings. The molecule has 0 aliphatic heterocycles. The third kappa shape index (κ3) is 13.7. The fraction of sp³-hybridized carbons (Fsp3) is 0.700. The summed E-state index contributed by atoms with van der Waals surface area (Å²) in [6.07, 6.45) is -0.594. The standard InChI is InChI=1S/C7H12O3.C3H9N/c1-4-6(8)10-7(9)5(2)3;1-4(2)3/h6,8H,2,4H2,1,3H3;1-3H3. The molecule has 1 atom stereocenters. The molecule has 0 amide bonds. The first kappa shape index (κ1) is 15.6. The van der Waals surface area contributed by atoms with Crippen molar-refractivity contribution < 1.29 is 14.6 Å². The number of rotatable bonds is 3. The SMILES string of the molecule is C=C(C)C(=O)OC(O)CC.CN(C)C. The van der Waals surface area contributed by atoms with Gasteiger partial charge in [-0.25, -0.2) is 4.79 Å². The Balaban J connectivity index is 0. The molecule has 0 saturated heterocycles. The lowest BCUT2D eigenvalue weighted by Gasteiger charge is -2.08. The summed E-state index contributed by atoms with van der Waals surface area (Å²) in [6.45, 7) is 6.61. The summed E-state index contributed by atoms with van der Waals surface area (Å²) in [5.41, 5.74) is 0.299. The second-order valence-electron chi connectivity index (χ2n) is 3.39. The average Bonchev–Trinajstić information content (AvgIpc) is 2.02. The highest BCUT2D eigenvalue weighted by atomic mass is 16.6. The monoisotopic (exact) mass is 203 g/mol. The highest BCUT2D eigenvalue weighted by Crippen LogP contribution is 1.98. The summed E-state index contributed by atoms with van der Waals surface area (Å²) < 4.78 is 4.48. The molecular formula is C10H21NO3. The Labute approximate surface area is 86.2 Å². The van der Waals surface area contributed by atoms with E-state index in [1.165, 1.54) is 6.92 Å². The Kier molecular flexibility index (Phi) is 9.71. The van der Waals surface area contributed by atoms with E-state index in [9.17, 15) is 4.79 Å². The Bertz CT molecular complexity index is 175. The first-order valence-corrected chi connectivity index (χ1v) is 4.46. The molecule has 1 unspecified atom stereocenters. The van der Waals surface area contributed by atoms with Gasteiger partial charge in [-0.2, -0.15) is 0 Å². The summed E-state index contributed by atoms with van der Waals surface area (Å²) in [7, 11) is 6.00. The molecule has 0 radical (unpaired) electrons. The largest absolute Gasteiger partial charge is 0.433 e. The van der Waals surface area contributed by atoms with E-state index in [2.05, 4.69) is 11.3 Å². The number of aliphatic hydroxyl groups is 1. The first-order valence-electron chi connectivity index (χ1n) is 4.46. The molecule has 0 saturated carbocycles. The maximum absolute atomic E-state index is 10.6. The van der Waals surface area contributed by atoms with E-state index in [1.54, 1.807) is 6.92 Å². The van der Waals surface area contributed by atoms with Gasteiger partial charge in [-0.3, -0.25) is 0 Å². The van der Waals surface area contributed by atoms with E-state index < -0.39 is 12.3 Å². The molecule has 4 nitrogen and oxygen atoms in total. The van der Waals surface area contributed by atoms with E-state index in [4.69, 9.17) is 5.11 Å². The van der Waals surface area contributed by atoms with E-state index >= 15 is 0 Å². The summed E-state index contributed by atoms with van der Waals surface area (Å²) in [6, 6.07) is 0. The van der Waals surface area contributed by atoms with Crippen molar-refractivity contribution in [1.82, 2.24) is 4.90 Å².